The second kappa shape index (κ2) is 6.41. The largest absolute Gasteiger partial charge is 0.391 e. The molecule has 0 N–H and O–H groups in total. The van der Waals surface area contributed by atoms with E-state index in [-0.39, 0.29) is 12.8 Å². The zero-order valence-electron chi connectivity index (χ0n) is 10.4. The van der Waals surface area contributed by atoms with Crippen LogP contribution in [0.1, 0.15) is 26.7 Å². The summed E-state index contributed by atoms with van der Waals surface area (Å²) >= 11 is 3.48. The Kier molecular flexibility index (Phi) is 5.77. The van der Waals surface area contributed by atoms with Crippen LogP contribution in [0, 0.1) is 17.8 Å². The quantitative estimate of drug-likeness (QED) is 0.711. The van der Waals surface area contributed by atoms with E-state index in [2.05, 4.69) is 34.7 Å². The average molecular weight is 316 g/mol. The predicted molar refractivity (Wildman–Crippen MR) is 67.3 cm³/mol. The van der Waals surface area contributed by atoms with Gasteiger partial charge in [0, 0.05) is 11.9 Å². The molecular weight excluding hydrogens is 295 g/mol. The van der Waals surface area contributed by atoms with Gasteiger partial charge in [0.1, 0.15) is 0 Å². The first-order valence-electron chi connectivity index (χ1n) is 6.19. The van der Waals surface area contributed by atoms with Gasteiger partial charge in [-0.05, 0) is 37.8 Å². The van der Waals surface area contributed by atoms with Crippen LogP contribution in [-0.4, -0.2) is 36.0 Å². The molecule has 1 atom stereocenters. The van der Waals surface area contributed by atoms with E-state index in [9.17, 15) is 13.2 Å². The first kappa shape index (κ1) is 15.3. The van der Waals surface area contributed by atoms with Crippen LogP contribution in [0.25, 0.3) is 0 Å². The molecule has 102 valence electrons. The van der Waals surface area contributed by atoms with Crippen LogP contribution >= 0.6 is 15.9 Å². The molecule has 1 aliphatic rings. The number of hydrogen-bond acceptors (Lipinski definition) is 1. The minimum atomic E-state index is -4.00. The molecule has 1 saturated heterocycles. The highest BCUT2D eigenvalue weighted by atomic mass is 79.9. The molecule has 0 aromatic heterocycles. The maximum atomic E-state index is 12.5. The monoisotopic (exact) mass is 315 g/mol. The summed E-state index contributed by atoms with van der Waals surface area (Å²) in [5.41, 5.74) is 0. The summed E-state index contributed by atoms with van der Waals surface area (Å²) in [5, 5.41) is 0.921. The third kappa shape index (κ3) is 4.78. The second-order valence-corrected chi connectivity index (χ2v) is 5.92. The van der Waals surface area contributed by atoms with E-state index in [1.165, 1.54) is 0 Å². The summed E-state index contributed by atoms with van der Waals surface area (Å²) in [6.07, 6.45) is -3.48. The SMILES string of the molecule is CC(C)C(CBr)CN1CCC(C(F)(F)F)CC1. The lowest BCUT2D eigenvalue weighted by Gasteiger charge is -2.35. The van der Waals surface area contributed by atoms with Gasteiger partial charge in [-0.3, -0.25) is 0 Å². The van der Waals surface area contributed by atoms with E-state index >= 15 is 0 Å². The standard InChI is InChI=1S/C12H21BrF3N/c1-9(2)10(7-13)8-17-5-3-11(4-6-17)12(14,15)16/h9-11H,3-8H2,1-2H3. The van der Waals surface area contributed by atoms with E-state index in [4.69, 9.17) is 0 Å². The number of alkyl halides is 4. The topological polar surface area (TPSA) is 3.24 Å². The van der Waals surface area contributed by atoms with Crippen molar-refractivity contribution in [1.82, 2.24) is 4.90 Å². The van der Waals surface area contributed by atoms with Crippen molar-refractivity contribution >= 4 is 15.9 Å². The molecule has 1 heterocycles. The summed E-state index contributed by atoms with van der Waals surface area (Å²) in [6, 6.07) is 0. The van der Waals surface area contributed by atoms with Crippen molar-refractivity contribution in [2.45, 2.75) is 32.9 Å². The summed E-state index contributed by atoms with van der Waals surface area (Å²) in [4.78, 5) is 2.17. The van der Waals surface area contributed by atoms with Crippen LogP contribution in [0.3, 0.4) is 0 Å². The van der Waals surface area contributed by atoms with E-state index in [1.807, 2.05) is 0 Å². The Hall–Kier alpha value is 0.230. The van der Waals surface area contributed by atoms with Crippen molar-refractivity contribution in [3.8, 4) is 0 Å². The van der Waals surface area contributed by atoms with Gasteiger partial charge in [-0.2, -0.15) is 13.2 Å². The van der Waals surface area contributed by atoms with Crippen LogP contribution in [0.2, 0.25) is 0 Å². The van der Waals surface area contributed by atoms with Crippen molar-refractivity contribution in [3.05, 3.63) is 0 Å². The zero-order chi connectivity index (χ0) is 13.1. The fourth-order valence-electron chi connectivity index (χ4n) is 2.21. The lowest BCUT2D eigenvalue weighted by atomic mass is 9.93. The van der Waals surface area contributed by atoms with E-state index in [0.717, 1.165) is 11.9 Å². The number of piperidine rings is 1. The van der Waals surface area contributed by atoms with Crippen molar-refractivity contribution < 1.29 is 13.2 Å². The third-order valence-corrected chi connectivity index (χ3v) is 4.52. The minimum absolute atomic E-state index is 0.261. The Morgan fingerprint density at radius 2 is 1.76 bits per heavy atom. The molecule has 0 saturated carbocycles. The molecule has 1 unspecified atom stereocenters. The van der Waals surface area contributed by atoms with Crippen molar-refractivity contribution in [2.24, 2.45) is 17.8 Å². The van der Waals surface area contributed by atoms with Gasteiger partial charge in [0.15, 0.2) is 0 Å². The Balaban J connectivity index is 2.37. The van der Waals surface area contributed by atoms with Gasteiger partial charge in [0.25, 0.3) is 0 Å². The molecule has 0 amide bonds. The molecule has 0 aliphatic carbocycles. The maximum absolute atomic E-state index is 12.5. The molecule has 1 rings (SSSR count). The number of halogens is 4. The van der Waals surface area contributed by atoms with Crippen LogP contribution in [0.15, 0.2) is 0 Å². The summed E-state index contributed by atoms with van der Waals surface area (Å²) in [6.45, 7) is 6.40. The Bertz CT molecular complexity index is 222. The predicted octanol–water partition coefficient (Wildman–Crippen LogP) is 3.93. The Morgan fingerprint density at radius 1 is 1.24 bits per heavy atom. The van der Waals surface area contributed by atoms with Gasteiger partial charge >= 0.3 is 6.18 Å². The molecule has 0 bridgehead atoms. The zero-order valence-corrected chi connectivity index (χ0v) is 12.0. The van der Waals surface area contributed by atoms with Crippen LogP contribution in [-0.2, 0) is 0 Å². The summed E-state index contributed by atoms with van der Waals surface area (Å²) < 4.78 is 37.5. The number of nitrogens with zero attached hydrogens (tertiary/aromatic N) is 1. The Labute approximate surface area is 110 Å². The van der Waals surface area contributed by atoms with Crippen molar-refractivity contribution in [1.29, 1.82) is 0 Å². The maximum Gasteiger partial charge on any atom is 0.391 e. The van der Waals surface area contributed by atoms with Crippen LogP contribution in [0.5, 0.6) is 0 Å². The summed E-state index contributed by atoms with van der Waals surface area (Å²) in [5.74, 6) is 0.00683. The fraction of sp³-hybridized carbons (Fsp3) is 1.00. The van der Waals surface area contributed by atoms with Crippen LogP contribution in [0.4, 0.5) is 13.2 Å². The molecule has 1 aliphatic heterocycles. The first-order valence-corrected chi connectivity index (χ1v) is 7.31. The number of likely N-dealkylation sites (tertiary alicyclic amines) is 1. The molecule has 1 fully saturated rings. The minimum Gasteiger partial charge on any atom is -0.303 e. The normalized spacial score (nSPS) is 22.1. The molecule has 0 aromatic carbocycles. The van der Waals surface area contributed by atoms with Gasteiger partial charge < -0.3 is 4.90 Å². The van der Waals surface area contributed by atoms with E-state index in [1.54, 1.807) is 0 Å². The number of hydrogen-bond donors (Lipinski definition) is 0. The smallest absolute Gasteiger partial charge is 0.303 e. The highest BCUT2D eigenvalue weighted by Gasteiger charge is 2.41. The van der Waals surface area contributed by atoms with Crippen LogP contribution < -0.4 is 0 Å². The number of rotatable bonds is 4. The first-order chi connectivity index (χ1) is 7.84. The highest BCUT2D eigenvalue weighted by Crippen LogP contribution is 2.34. The van der Waals surface area contributed by atoms with Gasteiger partial charge in [-0.1, -0.05) is 29.8 Å². The van der Waals surface area contributed by atoms with Crippen molar-refractivity contribution in [3.63, 3.8) is 0 Å². The molecular formula is C12H21BrF3N. The van der Waals surface area contributed by atoms with Gasteiger partial charge in [0.2, 0.25) is 0 Å². The van der Waals surface area contributed by atoms with Gasteiger partial charge in [-0.25, -0.2) is 0 Å². The molecule has 0 spiro atoms. The fourth-order valence-corrected chi connectivity index (χ4v) is 3.16. The molecule has 5 heteroatoms. The van der Waals surface area contributed by atoms with Crippen molar-refractivity contribution in [2.75, 3.05) is 25.0 Å². The lowest BCUT2D eigenvalue weighted by molar-refractivity contribution is -0.185. The average Bonchev–Trinajstić information content (AvgIpc) is 2.25. The highest BCUT2D eigenvalue weighted by molar-refractivity contribution is 9.09. The lowest BCUT2D eigenvalue weighted by Crippen LogP contribution is -2.42. The van der Waals surface area contributed by atoms with Gasteiger partial charge in [-0.15, -0.1) is 0 Å². The third-order valence-electron chi connectivity index (χ3n) is 3.68. The molecule has 17 heavy (non-hydrogen) atoms. The second-order valence-electron chi connectivity index (χ2n) is 5.27. The van der Waals surface area contributed by atoms with E-state index in [0.29, 0.717) is 24.9 Å². The summed E-state index contributed by atoms with van der Waals surface area (Å²) in [7, 11) is 0. The molecule has 0 aromatic rings. The molecule has 0 radical (unpaired) electrons. The van der Waals surface area contributed by atoms with Gasteiger partial charge in [0.05, 0.1) is 5.92 Å². The van der Waals surface area contributed by atoms with E-state index < -0.39 is 12.1 Å². The molecule has 1 nitrogen and oxygen atoms in total. The Morgan fingerprint density at radius 3 is 2.12 bits per heavy atom.